The number of halogens is 1. The van der Waals surface area contributed by atoms with Gasteiger partial charge in [0.15, 0.2) is 11.5 Å². The van der Waals surface area contributed by atoms with Gasteiger partial charge < -0.3 is 19.9 Å². The number of hydrogen-bond donors (Lipinski definition) is 1. The molecular weight excluding hydrogens is 258 g/mol. The fourth-order valence-corrected chi connectivity index (χ4v) is 2.02. The maximum Gasteiger partial charge on any atom is 0.343 e. The summed E-state index contributed by atoms with van der Waals surface area (Å²) in [6.45, 7) is 1.80. The molecule has 100 valence electrons. The standard InChI is InChI=1S/C12H15NO4.ClH/c1-6(13)10-7-4-5-8(15-2)11(16-3)9(7)12(14)17-10;/h4-6,10H,13H2,1-3H3;1H. The number of hydrogen-bond acceptors (Lipinski definition) is 5. The first-order valence-corrected chi connectivity index (χ1v) is 5.31. The number of ether oxygens (including phenoxy) is 3. The highest BCUT2D eigenvalue weighted by Crippen LogP contribution is 2.42. The van der Waals surface area contributed by atoms with Gasteiger partial charge in [-0.1, -0.05) is 6.07 Å². The smallest absolute Gasteiger partial charge is 0.343 e. The minimum absolute atomic E-state index is 0. The molecule has 18 heavy (non-hydrogen) atoms. The van der Waals surface area contributed by atoms with Crippen molar-refractivity contribution in [2.24, 2.45) is 5.73 Å². The van der Waals surface area contributed by atoms with E-state index in [0.29, 0.717) is 17.1 Å². The van der Waals surface area contributed by atoms with Crippen molar-refractivity contribution in [3.8, 4) is 11.5 Å². The Kier molecular flexibility index (Phi) is 4.43. The van der Waals surface area contributed by atoms with Crippen LogP contribution in [0.2, 0.25) is 0 Å². The molecule has 1 aromatic rings. The Labute approximate surface area is 112 Å². The van der Waals surface area contributed by atoms with Crippen LogP contribution >= 0.6 is 12.4 Å². The summed E-state index contributed by atoms with van der Waals surface area (Å²) in [5.74, 6) is 0.490. The van der Waals surface area contributed by atoms with Crippen LogP contribution in [0, 0.1) is 0 Å². The van der Waals surface area contributed by atoms with Crippen molar-refractivity contribution in [2.75, 3.05) is 14.2 Å². The lowest BCUT2D eigenvalue weighted by Crippen LogP contribution is -2.24. The monoisotopic (exact) mass is 273 g/mol. The summed E-state index contributed by atoms with van der Waals surface area (Å²) < 4.78 is 15.6. The van der Waals surface area contributed by atoms with Gasteiger partial charge >= 0.3 is 5.97 Å². The van der Waals surface area contributed by atoms with Crippen LogP contribution in [0.25, 0.3) is 0 Å². The van der Waals surface area contributed by atoms with E-state index in [1.54, 1.807) is 19.1 Å². The number of carbonyl (C=O) groups is 1. The number of carbonyl (C=O) groups excluding carboxylic acids is 1. The van der Waals surface area contributed by atoms with Gasteiger partial charge in [-0.15, -0.1) is 12.4 Å². The molecular formula is C12H16ClNO4. The molecule has 2 N–H and O–H groups in total. The van der Waals surface area contributed by atoms with Crippen molar-refractivity contribution in [3.63, 3.8) is 0 Å². The molecule has 2 unspecified atom stereocenters. The van der Waals surface area contributed by atoms with Gasteiger partial charge in [0.2, 0.25) is 0 Å². The minimum atomic E-state index is -0.419. The van der Waals surface area contributed by atoms with Gasteiger partial charge in [0, 0.05) is 11.6 Å². The molecule has 1 aliphatic rings. The first-order chi connectivity index (χ1) is 8.10. The van der Waals surface area contributed by atoms with Crippen LogP contribution in [0.15, 0.2) is 12.1 Å². The summed E-state index contributed by atoms with van der Waals surface area (Å²) >= 11 is 0. The highest BCUT2D eigenvalue weighted by atomic mass is 35.5. The number of rotatable bonds is 3. The lowest BCUT2D eigenvalue weighted by molar-refractivity contribution is 0.0340. The van der Waals surface area contributed by atoms with Crippen LogP contribution in [0.4, 0.5) is 0 Å². The van der Waals surface area contributed by atoms with Crippen LogP contribution in [0.1, 0.15) is 28.9 Å². The van der Waals surface area contributed by atoms with Gasteiger partial charge in [-0.05, 0) is 13.0 Å². The van der Waals surface area contributed by atoms with Gasteiger partial charge in [-0.25, -0.2) is 4.79 Å². The predicted molar refractivity (Wildman–Crippen MR) is 68.6 cm³/mol. The van der Waals surface area contributed by atoms with E-state index >= 15 is 0 Å². The Morgan fingerprint density at radius 3 is 2.50 bits per heavy atom. The molecule has 2 rings (SSSR count). The van der Waals surface area contributed by atoms with Crippen molar-refractivity contribution in [3.05, 3.63) is 23.3 Å². The SMILES string of the molecule is COc1ccc2c(c1OC)C(=O)OC2C(C)N.Cl. The molecule has 1 aliphatic heterocycles. The Balaban J connectivity index is 0.00000162. The number of nitrogens with two attached hydrogens (primary N) is 1. The second-order valence-electron chi connectivity index (χ2n) is 3.95. The summed E-state index contributed by atoms with van der Waals surface area (Å²) in [4.78, 5) is 11.8. The third kappa shape index (κ3) is 2.11. The molecule has 0 radical (unpaired) electrons. The Morgan fingerprint density at radius 2 is 2.00 bits per heavy atom. The van der Waals surface area contributed by atoms with Crippen LogP contribution in [0.3, 0.4) is 0 Å². The second-order valence-corrected chi connectivity index (χ2v) is 3.95. The molecule has 1 aromatic carbocycles. The van der Waals surface area contributed by atoms with Gasteiger partial charge in [0.25, 0.3) is 0 Å². The van der Waals surface area contributed by atoms with Crippen molar-refractivity contribution in [1.82, 2.24) is 0 Å². The fraction of sp³-hybridized carbons (Fsp3) is 0.417. The number of fused-ring (bicyclic) bond motifs is 1. The molecule has 0 spiro atoms. The summed E-state index contributed by atoms with van der Waals surface area (Å²) in [6, 6.07) is 3.27. The number of esters is 1. The zero-order chi connectivity index (χ0) is 12.6. The normalized spacial score (nSPS) is 18.4. The fourth-order valence-electron chi connectivity index (χ4n) is 2.02. The van der Waals surface area contributed by atoms with E-state index in [0.717, 1.165) is 5.56 Å². The zero-order valence-electron chi connectivity index (χ0n) is 10.4. The molecule has 0 aliphatic carbocycles. The van der Waals surface area contributed by atoms with Crippen LogP contribution in [-0.4, -0.2) is 26.2 Å². The first-order valence-electron chi connectivity index (χ1n) is 5.31. The van der Waals surface area contributed by atoms with Crippen molar-refractivity contribution < 1.29 is 19.0 Å². The lowest BCUT2D eigenvalue weighted by Gasteiger charge is -2.15. The maximum absolute atomic E-state index is 11.8. The molecule has 5 nitrogen and oxygen atoms in total. The predicted octanol–water partition coefficient (Wildman–Crippen LogP) is 1.68. The molecule has 2 atom stereocenters. The van der Waals surface area contributed by atoms with E-state index in [2.05, 4.69) is 0 Å². The number of methoxy groups -OCH3 is 2. The van der Waals surface area contributed by atoms with Crippen molar-refractivity contribution in [2.45, 2.75) is 19.1 Å². The molecule has 0 saturated carbocycles. The van der Waals surface area contributed by atoms with E-state index in [9.17, 15) is 4.79 Å². The maximum atomic E-state index is 11.8. The molecule has 0 fully saturated rings. The topological polar surface area (TPSA) is 70.8 Å². The molecule has 1 heterocycles. The largest absolute Gasteiger partial charge is 0.493 e. The van der Waals surface area contributed by atoms with Crippen LogP contribution in [0.5, 0.6) is 11.5 Å². The van der Waals surface area contributed by atoms with Gasteiger partial charge in [0.05, 0.1) is 14.2 Å². The Hall–Kier alpha value is -1.46. The van der Waals surface area contributed by atoms with Gasteiger partial charge in [-0.3, -0.25) is 0 Å². The average molecular weight is 274 g/mol. The molecule has 0 aromatic heterocycles. The van der Waals surface area contributed by atoms with E-state index < -0.39 is 12.1 Å². The summed E-state index contributed by atoms with van der Waals surface area (Å²) in [6.07, 6.45) is -0.419. The van der Waals surface area contributed by atoms with E-state index in [1.165, 1.54) is 14.2 Å². The van der Waals surface area contributed by atoms with E-state index in [1.807, 2.05) is 0 Å². The number of benzene rings is 1. The van der Waals surface area contributed by atoms with Crippen LogP contribution < -0.4 is 15.2 Å². The number of cyclic esters (lactones) is 1. The molecule has 0 amide bonds. The molecule has 0 saturated heterocycles. The first kappa shape index (κ1) is 14.6. The van der Waals surface area contributed by atoms with Crippen LogP contribution in [-0.2, 0) is 4.74 Å². The Bertz CT molecular complexity index is 462. The molecule has 0 bridgehead atoms. The van der Waals surface area contributed by atoms with Gasteiger partial charge in [0.1, 0.15) is 11.7 Å². The summed E-state index contributed by atoms with van der Waals surface area (Å²) in [5.41, 5.74) is 6.95. The van der Waals surface area contributed by atoms with Crippen molar-refractivity contribution >= 4 is 18.4 Å². The van der Waals surface area contributed by atoms with E-state index in [4.69, 9.17) is 19.9 Å². The van der Waals surface area contributed by atoms with Crippen molar-refractivity contribution in [1.29, 1.82) is 0 Å². The lowest BCUT2D eigenvalue weighted by atomic mass is 10.00. The third-order valence-electron chi connectivity index (χ3n) is 2.80. The highest BCUT2D eigenvalue weighted by Gasteiger charge is 2.37. The highest BCUT2D eigenvalue weighted by molar-refractivity contribution is 5.98. The third-order valence-corrected chi connectivity index (χ3v) is 2.80. The average Bonchev–Trinajstić information content (AvgIpc) is 2.66. The molecule has 6 heteroatoms. The summed E-state index contributed by atoms with van der Waals surface area (Å²) in [7, 11) is 3.01. The minimum Gasteiger partial charge on any atom is -0.493 e. The van der Waals surface area contributed by atoms with Gasteiger partial charge in [-0.2, -0.15) is 0 Å². The second kappa shape index (κ2) is 5.46. The quantitative estimate of drug-likeness (QED) is 0.849. The van der Waals surface area contributed by atoms with E-state index in [-0.39, 0.29) is 18.4 Å². The zero-order valence-corrected chi connectivity index (χ0v) is 11.2. The summed E-state index contributed by atoms with van der Waals surface area (Å²) in [5, 5.41) is 0. The Morgan fingerprint density at radius 1 is 1.33 bits per heavy atom.